The second kappa shape index (κ2) is 7.13. The fraction of sp³-hybridized carbons (Fsp3) is 0.500. The molecule has 4 heteroatoms. The average molecular weight is 250 g/mol. The minimum atomic E-state index is -0.139. The topological polar surface area (TPSA) is 64.3 Å². The third-order valence-electron chi connectivity index (χ3n) is 2.69. The Labute approximate surface area is 109 Å². The van der Waals surface area contributed by atoms with Crippen LogP contribution in [0.15, 0.2) is 18.2 Å². The van der Waals surface area contributed by atoms with E-state index in [1.807, 2.05) is 25.1 Å². The number of carbonyl (C=O) groups excluding carboxylic acids is 1. The van der Waals surface area contributed by atoms with E-state index >= 15 is 0 Å². The maximum Gasteiger partial charge on any atom is 0.250 e. The van der Waals surface area contributed by atoms with Crippen LogP contribution in [-0.4, -0.2) is 25.7 Å². The minimum Gasteiger partial charge on any atom is -0.370 e. The lowest BCUT2D eigenvalue weighted by molar-refractivity contribution is -0.120. The van der Waals surface area contributed by atoms with Gasteiger partial charge >= 0.3 is 0 Å². The Kier molecular flexibility index (Phi) is 5.82. The first kappa shape index (κ1) is 14.7. The predicted octanol–water partition coefficient (Wildman–Crippen LogP) is 2.03. The monoisotopic (exact) mass is 250 g/mol. The van der Waals surface area contributed by atoms with Crippen molar-refractivity contribution in [3.05, 3.63) is 29.3 Å². The van der Waals surface area contributed by atoms with Gasteiger partial charge in [-0.05, 0) is 24.0 Å². The number of nitrogens with two attached hydrogens (primary N) is 1. The first-order valence-corrected chi connectivity index (χ1v) is 6.23. The standard InChI is InChI=1S/C14H22N2O2/c1-10(2)12-6-4-5-11(3)14(12)16-13(17)9-18-8-7-15/h4-6,10H,7-9,15H2,1-3H3,(H,16,17). The third-order valence-corrected chi connectivity index (χ3v) is 2.69. The molecule has 100 valence electrons. The third kappa shape index (κ3) is 4.13. The zero-order valence-electron chi connectivity index (χ0n) is 11.3. The highest BCUT2D eigenvalue weighted by Crippen LogP contribution is 2.27. The molecule has 0 aliphatic carbocycles. The number of hydrogen-bond acceptors (Lipinski definition) is 3. The van der Waals surface area contributed by atoms with Crippen LogP contribution < -0.4 is 11.1 Å². The van der Waals surface area contributed by atoms with Crippen molar-refractivity contribution in [2.45, 2.75) is 26.7 Å². The molecule has 0 atom stereocenters. The summed E-state index contributed by atoms with van der Waals surface area (Å²) in [5.41, 5.74) is 8.40. The zero-order chi connectivity index (χ0) is 13.5. The molecule has 18 heavy (non-hydrogen) atoms. The molecule has 0 aliphatic rings. The SMILES string of the molecule is Cc1cccc(C(C)C)c1NC(=O)COCCN. The summed E-state index contributed by atoms with van der Waals surface area (Å²) < 4.78 is 5.12. The van der Waals surface area contributed by atoms with E-state index in [9.17, 15) is 4.79 Å². The molecule has 0 heterocycles. The molecule has 0 aromatic heterocycles. The van der Waals surface area contributed by atoms with Gasteiger partial charge in [0.15, 0.2) is 0 Å². The number of para-hydroxylation sites is 1. The highest BCUT2D eigenvalue weighted by Gasteiger charge is 2.11. The Bertz CT molecular complexity index is 403. The lowest BCUT2D eigenvalue weighted by atomic mass is 9.98. The molecule has 0 radical (unpaired) electrons. The number of rotatable bonds is 6. The quantitative estimate of drug-likeness (QED) is 0.759. The molecule has 0 aliphatic heterocycles. The van der Waals surface area contributed by atoms with Gasteiger partial charge in [0.2, 0.25) is 5.91 Å². The van der Waals surface area contributed by atoms with Crippen LogP contribution in [0.1, 0.15) is 30.9 Å². The molecule has 0 fully saturated rings. The number of benzene rings is 1. The van der Waals surface area contributed by atoms with Crippen LogP contribution in [0, 0.1) is 6.92 Å². The number of ether oxygens (including phenoxy) is 1. The molecular formula is C14H22N2O2. The molecule has 0 saturated carbocycles. The Morgan fingerprint density at radius 2 is 2.17 bits per heavy atom. The van der Waals surface area contributed by atoms with E-state index in [4.69, 9.17) is 10.5 Å². The van der Waals surface area contributed by atoms with Crippen molar-refractivity contribution >= 4 is 11.6 Å². The van der Waals surface area contributed by atoms with Crippen LogP contribution >= 0.6 is 0 Å². The van der Waals surface area contributed by atoms with Crippen molar-refractivity contribution < 1.29 is 9.53 Å². The van der Waals surface area contributed by atoms with E-state index in [0.717, 1.165) is 16.8 Å². The van der Waals surface area contributed by atoms with Crippen LogP contribution in [0.2, 0.25) is 0 Å². The summed E-state index contributed by atoms with van der Waals surface area (Å²) in [4.78, 5) is 11.7. The first-order chi connectivity index (χ1) is 8.56. The molecule has 1 rings (SSSR count). The van der Waals surface area contributed by atoms with Crippen molar-refractivity contribution in [2.24, 2.45) is 5.73 Å². The average Bonchev–Trinajstić information content (AvgIpc) is 2.31. The van der Waals surface area contributed by atoms with Gasteiger partial charge < -0.3 is 15.8 Å². The van der Waals surface area contributed by atoms with Crippen LogP contribution in [0.3, 0.4) is 0 Å². The summed E-state index contributed by atoms with van der Waals surface area (Å²) in [6, 6.07) is 6.03. The van der Waals surface area contributed by atoms with E-state index in [2.05, 4.69) is 19.2 Å². The van der Waals surface area contributed by atoms with Crippen LogP contribution in [-0.2, 0) is 9.53 Å². The summed E-state index contributed by atoms with van der Waals surface area (Å²) in [7, 11) is 0. The molecule has 1 aromatic rings. The molecule has 1 aromatic carbocycles. The van der Waals surface area contributed by atoms with Crippen molar-refractivity contribution in [1.29, 1.82) is 0 Å². The molecule has 3 N–H and O–H groups in total. The Morgan fingerprint density at radius 1 is 1.44 bits per heavy atom. The molecule has 0 saturated heterocycles. The second-order valence-corrected chi connectivity index (χ2v) is 4.58. The largest absolute Gasteiger partial charge is 0.370 e. The minimum absolute atomic E-state index is 0.0447. The van der Waals surface area contributed by atoms with E-state index in [1.165, 1.54) is 0 Å². The Hall–Kier alpha value is -1.39. The Balaban J connectivity index is 2.74. The Morgan fingerprint density at radius 3 is 2.78 bits per heavy atom. The molecule has 4 nitrogen and oxygen atoms in total. The van der Waals surface area contributed by atoms with Gasteiger partial charge in [-0.25, -0.2) is 0 Å². The van der Waals surface area contributed by atoms with Crippen LogP contribution in [0.25, 0.3) is 0 Å². The smallest absolute Gasteiger partial charge is 0.250 e. The van der Waals surface area contributed by atoms with Gasteiger partial charge in [0, 0.05) is 12.2 Å². The number of hydrogen-bond donors (Lipinski definition) is 2. The van der Waals surface area contributed by atoms with Crippen molar-refractivity contribution in [2.75, 3.05) is 25.1 Å². The molecule has 0 bridgehead atoms. The van der Waals surface area contributed by atoms with Gasteiger partial charge in [-0.1, -0.05) is 32.0 Å². The van der Waals surface area contributed by atoms with Gasteiger partial charge in [-0.3, -0.25) is 4.79 Å². The van der Waals surface area contributed by atoms with E-state index in [1.54, 1.807) is 0 Å². The van der Waals surface area contributed by atoms with Gasteiger partial charge in [0.1, 0.15) is 6.61 Å². The van der Waals surface area contributed by atoms with E-state index in [0.29, 0.717) is 19.1 Å². The fourth-order valence-corrected chi connectivity index (χ4v) is 1.77. The van der Waals surface area contributed by atoms with E-state index < -0.39 is 0 Å². The number of amides is 1. The molecule has 1 amide bonds. The summed E-state index contributed by atoms with van der Waals surface area (Å²) >= 11 is 0. The van der Waals surface area contributed by atoms with Crippen LogP contribution in [0.5, 0.6) is 0 Å². The van der Waals surface area contributed by atoms with E-state index in [-0.39, 0.29) is 12.5 Å². The highest BCUT2D eigenvalue weighted by molar-refractivity contribution is 5.93. The molecular weight excluding hydrogens is 228 g/mol. The predicted molar refractivity (Wildman–Crippen MR) is 73.8 cm³/mol. The number of aryl methyl sites for hydroxylation is 1. The summed E-state index contributed by atoms with van der Waals surface area (Å²) in [6.07, 6.45) is 0. The lowest BCUT2D eigenvalue weighted by Gasteiger charge is -2.16. The zero-order valence-corrected chi connectivity index (χ0v) is 11.3. The number of carbonyl (C=O) groups is 1. The molecule has 0 unspecified atom stereocenters. The van der Waals surface area contributed by atoms with Gasteiger partial charge in [-0.15, -0.1) is 0 Å². The molecule has 0 spiro atoms. The van der Waals surface area contributed by atoms with Crippen molar-refractivity contribution in [3.63, 3.8) is 0 Å². The van der Waals surface area contributed by atoms with Gasteiger partial charge in [-0.2, -0.15) is 0 Å². The fourth-order valence-electron chi connectivity index (χ4n) is 1.77. The number of nitrogens with one attached hydrogen (secondary N) is 1. The van der Waals surface area contributed by atoms with Crippen LogP contribution in [0.4, 0.5) is 5.69 Å². The number of anilines is 1. The summed E-state index contributed by atoms with van der Waals surface area (Å²) in [6.45, 7) is 7.07. The first-order valence-electron chi connectivity index (χ1n) is 6.23. The highest BCUT2D eigenvalue weighted by atomic mass is 16.5. The normalized spacial score (nSPS) is 10.7. The summed E-state index contributed by atoms with van der Waals surface area (Å²) in [5, 5.41) is 2.91. The maximum atomic E-state index is 11.7. The van der Waals surface area contributed by atoms with Gasteiger partial charge in [0.25, 0.3) is 0 Å². The van der Waals surface area contributed by atoms with Crippen molar-refractivity contribution in [3.8, 4) is 0 Å². The lowest BCUT2D eigenvalue weighted by Crippen LogP contribution is -2.22. The summed E-state index contributed by atoms with van der Waals surface area (Å²) in [5.74, 6) is 0.227. The van der Waals surface area contributed by atoms with Gasteiger partial charge in [0.05, 0.1) is 6.61 Å². The van der Waals surface area contributed by atoms with Crippen molar-refractivity contribution in [1.82, 2.24) is 0 Å². The second-order valence-electron chi connectivity index (χ2n) is 4.58. The maximum absolute atomic E-state index is 11.7.